The number of pyridine rings is 1. The standard InChI is InChI=1S/C17H24N2O4/c1-17(2,3)23-16(21)19-7-6-13-12(8-19)10-22-9-11-4-5-14(20)18-15(11)13/h4-5,12-13H,6-10H2,1-3H3,(H,18,20). The molecule has 1 aromatic rings. The maximum Gasteiger partial charge on any atom is 0.410 e. The van der Waals surface area contributed by atoms with Crippen molar-refractivity contribution in [1.82, 2.24) is 9.88 Å². The van der Waals surface area contributed by atoms with Gasteiger partial charge in [-0.2, -0.15) is 0 Å². The van der Waals surface area contributed by atoms with Crippen molar-refractivity contribution in [2.45, 2.75) is 45.3 Å². The number of carbonyl (C=O) groups is 1. The van der Waals surface area contributed by atoms with Gasteiger partial charge in [0.25, 0.3) is 0 Å². The van der Waals surface area contributed by atoms with Crippen molar-refractivity contribution >= 4 is 6.09 Å². The van der Waals surface area contributed by atoms with Crippen LogP contribution >= 0.6 is 0 Å². The van der Waals surface area contributed by atoms with Crippen LogP contribution in [0.3, 0.4) is 0 Å². The summed E-state index contributed by atoms with van der Waals surface area (Å²) in [5.41, 5.74) is 1.44. The molecule has 2 aliphatic rings. The molecule has 2 unspecified atom stereocenters. The van der Waals surface area contributed by atoms with Crippen LogP contribution in [0.25, 0.3) is 0 Å². The summed E-state index contributed by atoms with van der Waals surface area (Å²) >= 11 is 0. The fraction of sp³-hybridized carbons (Fsp3) is 0.647. The first-order valence-electron chi connectivity index (χ1n) is 8.11. The highest BCUT2D eigenvalue weighted by molar-refractivity contribution is 5.68. The first kappa shape index (κ1) is 16.1. The number of amides is 1. The van der Waals surface area contributed by atoms with Gasteiger partial charge in [-0.05, 0) is 38.8 Å². The molecule has 6 nitrogen and oxygen atoms in total. The Morgan fingerprint density at radius 3 is 2.91 bits per heavy atom. The van der Waals surface area contributed by atoms with Crippen LogP contribution in [-0.4, -0.2) is 41.3 Å². The number of carbonyl (C=O) groups excluding carboxylic acids is 1. The Morgan fingerprint density at radius 2 is 2.17 bits per heavy atom. The van der Waals surface area contributed by atoms with E-state index in [1.54, 1.807) is 11.0 Å². The van der Waals surface area contributed by atoms with Gasteiger partial charge < -0.3 is 19.4 Å². The lowest BCUT2D eigenvalue weighted by Gasteiger charge is -2.38. The molecule has 0 radical (unpaired) electrons. The highest BCUT2D eigenvalue weighted by atomic mass is 16.6. The quantitative estimate of drug-likeness (QED) is 0.796. The van der Waals surface area contributed by atoms with E-state index in [4.69, 9.17) is 9.47 Å². The molecule has 0 bridgehead atoms. The Balaban J connectivity index is 1.78. The number of aromatic nitrogens is 1. The smallest absolute Gasteiger partial charge is 0.410 e. The minimum atomic E-state index is -0.494. The van der Waals surface area contributed by atoms with E-state index in [1.165, 1.54) is 0 Å². The summed E-state index contributed by atoms with van der Waals surface area (Å²) in [7, 11) is 0. The van der Waals surface area contributed by atoms with E-state index in [0.717, 1.165) is 17.7 Å². The molecule has 0 spiro atoms. The molecule has 1 saturated heterocycles. The van der Waals surface area contributed by atoms with Crippen LogP contribution in [0.5, 0.6) is 0 Å². The summed E-state index contributed by atoms with van der Waals surface area (Å²) in [4.78, 5) is 28.7. The maximum absolute atomic E-state index is 12.3. The number of ether oxygens (including phenoxy) is 2. The molecule has 1 N–H and O–H groups in total. The molecule has 126 valence electrons. The van der Waals surface area contributed by atoms with Gasteiger partial charge in [0.15, 0.2) is 0 Å². The number of rotatable bonds is 0. The molecule has 3 heterocycles. The molecule has 1 amide bonds. The normalized spacial score (nSPS) is 24.4. The molecular weight excluding hydrogens is 296 g/mol. The molecule has 2 aliphatic heterocycles. The summed E-state index contributed by atoms with van der Waals surface area (Å²) in [6, 6.07) is 3.38. The van der Waals surface area contributed by atoms with Gasteiger partial charge >= 0.3 is 6.09 Å². The molecule has 0 saturated carbocycles. The third-order valence-corrected chi connectivity index (χ3v) is 4.39. The van der Waals surface area contributed by atoms with Crippen molar-refractivity contribution in [3.05, 3.63) is 33.7 Å². The van der Waals surface area contributed by atoms with Crippen molar-refractivity contribution < 1.29 is 14.3 Å². The minimum absolute atomic E-state index is 0.0843. The van der Waals surface area contributed by atoms with Crippen molar-refractivity contribution in [1.29, 1.82) is 0 Å². The van der Waals surface area contributed by atoms with E-state index in [0.29, 0.717) is 26.3 Å². The number of piperidine rings is 1. The van der Waals surface area contributed by atoms with Crippen LogP contribution in [-0.2, 0) is 16.1 Å². The number of fused-ring (bicyclic) bond motifs is 3. The maximum atomic E-state index is 12.3. The van der Waals surface area contributed by atoms with Crippen LogP contribution in [0.4, 0.5) is 4.79 Å². The lowest BCUT2D eigenvalue weighted by molar-refractivity contribution is 0.00434. The van der Waals surface area contributed by atoms with Gasteiger partial charge in [-0.3, -0.25) is 4.79 Å². The Bertz CT molecular complexity index is 647. The van der Waals surface area contributed by atoms with Crippen molar-refractivity contribution in [3.8, 4) is 0 Å². The molecule has 2 atom stereocenters. The molecule has 3 rings (SSSR count). The highest BCUT2D eigenvalue weighted by Crippen LogP contribution is 2.36. The average Bonchev–Trinajstić information content (AvgIpc) is 2.64. The number of nitrogens with one attached hydrogen (secondary N) is 1. The highest BCUT2D eigenvalue weighted by Gasteiger charge is 2.37. The van der Waals surface area contributed by atoms with Gasteiger partial charge in [0.2, 0.25) is 5.56 Å². The average molecular weight is 320 g/mol. The molecule has 0 aliphatic carbocycles. The Morgan fingerprint density at radius 1 is 1.39 bits per heavy atom. The first-order chi connectivity index (χ1) is 10.8. The molecular formula is C17H24N2O4. The van der Waals surface area contributed by atoms with Crippen LogP contribution in [0, 0.1) is 5.92 Å². The zero-order chi connectivity index (χ0) is 16.6. The predicted molar refractivity (Wildman–Crippen MR) is 85.4 cm³/mol. The predicted octanol–water partition coefficient (Wildman–Crippen LogP) is 2.25. The second kappa shape index (κ2) is 6.00. The summed E-state index contributed by atoms with van der Waals surface area (Å²) in [5.74, 6) is 0.399. The zero-order valence-corrected chi connectivity index (χ0v) is 13.9. The van der Waals surface area contributed by atoms with Crippen LogP contribution in [0.15, 0.2) is 16.9 Å². The zero-order valence-electron chi connectivity index (χ0n) is 13.9. The number of aromatic amines is 1. The third kappa shape index (κ3) is 3.58. The van der Waals surface area contributed by atoms with E-state index >= 15 is 0 Å². The van der Waals surface area contributed by atoms with Gasteiger partial charge in [0, 0.05) is 36.7 Å². The second-order valence-corrected chi connectivity index (χ2v) is 7.36. The van der Waals surface area contributed by atoms with Crippen LogP contribution in [0.1, 0.15) is 44.4 Å². The topological polar surface area (TPSA) is 71.6 Å². The Hall–Kier alpha value is -1.82. The monoisotopic (exact) mass is 320 g/mol. The summed E-state index contributed by atoms with van der Waals surface area (Å²) in [6.45, 7) is 7.92. The Labute approximate surface area is 135 Å². The number of hydrogen-bond donors (Lipinski definition) is 1. The number of likely N-dealkylation sites (tertiary alicyclic amines) is 1. The minimum Gasteiger partial charge on any atom is -0.444 e. The van der Waals surface area contributed by atoms with E-state index in [-0.39, 0.29) is 23.5 Å². The van der Waals surface area contributed by atoms with E-state index in [1.807, 2.05) is 26.8 Å². The summed E-state index contributed by atoms with van der Waals surface area (Å²) < 4.78 is 11.2. The number of hydrogen-bond acceptors (Lipinski definition) is 4. The fourth-order valence-corrected chi connectivity index (χ4v) is 3.37. The molecule has 6 heteroatoms. The molecule has 1 aromatic heterocycles. The number of H-pyrrole nitrogens is 1. The largest absolute Gasteiger partial charge is 0.444 e. The van der Waals surface area contributed by atoms with Crippen molar-refractivity contribution in [3.63, 3.8) is 0 Å². The van der Waals surface area contributed by atoms with E-state index in [9.17, 15) is 9.59 Å². The molecule has 0 aromatic carbocycles. The molecule has 1 fully saturated rings. The van der Waals surface area contributed by atoms with Crippen molar-refractivity contribution in [2.75, 3.05) is 19.7 Å². The number of nitrogens with zero attached hydrogens (tertiary/aromatic N) is 1. The lowest BCUT2D eigenvalue weighted by atomic mass is 9.82. The summed E-state index contributed by atoms with van der Waals surface area (Å²) in [5, 5.41) is 0. The SMILES string of the molecule is CC(C)(C)OC(=O)N1CCC2c3[nH]c(=O)ccc3COCC2C1. The fourth-order valence-electron chi connectivity index (χ4n) is 3.37. The first-order valence-corrected chi connectivity index (χ1v) is 8.11. The van der Waals surface area contributed by atoms with Gasteiger partial charge in [0.05, 0.1) is 13.2 Å². The van der Waals surface area contributed by atoms with Gasteiger partial charge in [-0.1, -0.05) is 0 Å². The van der Waals surface area contributed by atoms with Gasteiger partial charge in [0.1, 0.15) is 5.60 Å². The molecule has 23 heavy (non-hydrogen) atoms. The lowest BCUT2D eigenvalue weighted by Crippen LogP contribution is -2.46. The van der Waals surface area contributed by atoms with Crippen LogP contribution in [0.2, 0.25) is 0 Å². The Kier molecular flexibility index (Phi) is 4.19. The van der Waals surface area contributed by atoms with Gasteiger partial charge in [-0.25, -0.2) is 4.79 Å². The van der Waals surface area contributed by atoms with E-state index < -0.39 is 5.60 Å². The van der Waals surface area contributed by atoms with Gasteiger partial charge in [-0.15, -0.1) is 0 Å². The van der Waals surface area contributed by atoms with Crippen LogP contribution < -0.4 is 5.56 Å². The van der Waals surface area contributed by atoms with Crippen molar-refractivity contribution in [2.24, 2.45) is 5.92 Å². The summed E-state index contributed by atoms with van der Waals surface area (Å²) in [6.07, 6.45) is 0.530. The third-order valence-electron chi connectivity index (χ3n) is 4.39. The van der Waals surface area contributed by atoms with E-state index in [2.05, 4.69) is 4.98 Å². The second-order valence-electron chi connectivity index (χ2n) is 7.36.